The molecule has 2 fully saturated rings. The first kappa shape index (κ1) is 12.8. The van der Waals surface area contributed by atoms with Gasteiger partial charge in [-0.05, 0) is 12.8 Å². The normalized spacial score (nSPS) is 27.4. The van der Waals surface area contributed by atoms with Crippen LogP contribution in [0, 0.1) is 5.41 Å². The molecule has 1 saturated carbocycles. The predicted octanol–water partition coefficient (Wildman–Crippen LogP) is 1.65. The molecule has 4 nitrogen and oxygen atoms in total. The molecule has 0 aromatic heterocycles. The minimum atomic E-state index is -0.932. The van der Waals surface area contributed by atoms with E-state index in [0.29, 0.717) is 26.1 Å². The highest BCUT2D eigenvalue weighted by molar-refractivity contribution is 5.78. The van der Waals surface area contributed by atoms with Crippen LogP contribution in [0.15, 0.2) is 0 Å². The van der Waals surface area contributed by atoms with Crippen molar-refractivity contribution in [1.29, 1.82) is 0 Å². The van der Waals surface area contributed by atoms with Crippen LogP contribution in [0.3, 0.4) is 0 Å². The molecule has 0 radical (unpaired) electrons. The molecule has 0 atom stereocenters. The van der Waals surface area contributed by atoms with Gasteiger partial charge in [-0.3, -0.25) is 4.79 Å². The lowest BCUT2D eigenvalue weighted by Gasteiger charge is -2.49. The Bertz CT molecular complexity index is 275. The third-order valence-electron chi connectivity index (χ3n) is 4.49. The number of carbonyl (C=O) groups excluding carboxylic acids is 1. The number of rotatable bonds is 2. The van der Waals surface area contributed by atoms with Crippen LogP contribution in [-0.4, -0.2) is 37.0 Å². The molecule has 98 valence electrons. The smallest absolute Gasteiger partial charge is 0.314 e. The van der Waals surface area contributed by atoms with Crippen molar-refractivity contribution in [2.24, 2.45) is 5.41 Å². The number of hydrogen-bond donors (Lipinski definition) is 1. The van der Waals surface area contributed by atoms with Gasteiger partial charge in [-0.2, -0.15) is 0 Å². The first-order chi connectivity index (χ1) is 8.15. The fourth-order valence-electron chi connectivity index (χ4n) is 3.40. The Balaban J connectivity index is 2.27. The zero-order chi connectivity index (χ0) is 12.4. The molecular formula is C13H22O4. The molecule has 1 N–H and O–H groups in total. The quantitative estimate of drug-likeness (QED) is 0.748. The summed E-state index contributed by atoms with van der Waals surface area (Å²) in [5.74, 6) is -0.235. The largest absolute Gasteiger partial charge is 0.469 e. The number of ether oxygens (including phenoxy) is 2. The summed E-state index contributed by atoms with van der Waals surface area (Å²) in [5.41, 5.74) is -1.62. The summed E-state index contributed by atoms with van der Waals surface area (Å²) in [6.45, 7) is 1.07. The summed E-state index contributed by atoms with van der Waals surface area (Å²) in [7, 11) is 1.42. The Kier molecular flexibility index (Phi) is 3.73. The van der Waals surface area contributed by atoms with E-state index in [9.17, 15) is 9.90 Å². The minimum Gasteiger partial charge on any atom is -0.469 e. The van der Waals surface area contributed by atoms with E-state index in [1.807, 2.05) is 0 Å². The topological polar surface area (TPSA) is 55.8 Å². The summed E-state index contributed by atoms with van der Waals surface area (Å²) in [6, 6.07) is 0. The van der Waals surface area contributed by atoms with Gasteiger partial charge in [0.15, 0.2) is 0 Å². The van der Waals surface area contributed by atoms with Crippen molar-refractivity contribution in [1.82, 2.24) is 0 Å². The zero-order valence-electron chi connectivity index (χ0n) is 10.5. The molecule has 1 aliphatic heterocycles. The molecule has 1 heterocycles. The molecule has 17 heavy (non-hydrogen) atoms. The average molecular weight is 242 g/mol. The van der Waals surface area contributed by atoms with E-state index in [-0.39, 0.29) is 5.97 Å². The van der Waals surface area contributed by atoms with Crippen LogP contribution in [0.25, 0.3) is 0 Å². The van der Waals surface area contributed by atoms with Crippen LogP contribution in [0.1, 0.15) is 44.9 Å². The van der Waals surface area contributed by atoms with Crippen molar-refractivity contribution in [3.63, 3.8) is 0 Å². The van der Waals surface area contributed by atoms with Gasteiger partial charge in [0.2, 0.25) is 0 Å². The predicted molar refractivity (Wildman–Crippen MR) is 62.5 cm³/mol. The Morgan fingerprint density at radius 2 is 1.71 bits per heavy atom. The Morgan fingerprint density at radius 1 is 1.12 bits per heavy atom. The van der Waals surface area contributed by atoms with Crippen molar-refractivity contribution in [2.75, 3.05) is 20.3 Å². The van der Waals surface area contributed by atoms with Crippen LogP contribution in [-0.2, 0) is 14.3 Å². The van der Waals surface area contributed by atoms with Gasteiger partial charge in [0.1, 0.15) is 0 Å². The second-order valence-electron chi connectivity index (χ2n) is 5.28. The first-order valence-electron chi connectivity index (χ1n) is 6.53. The van der Waals surface area contributed by atoms with Crippen molar-refractivity contribution in [2.45, 2.75) is 50.5 Å². The summed E-state index contributed by atoms with van der Waals surface area (Å²) in [6.07, 6.45) is 5.72. The number of aliphatic hydroxyl groups is 1. The number of esters is 1. The van der Waals surface area contributed by atoms with Crippen LogP contribution < -0.4 is 0 Å². The Hall–Kier alpha value is -0.610. The summed E-state index contributed by atoms with van der Waals surface area (Å²) in [4.78, 5) is 12.2. The lowest BCUT2D eigenvalue weighted by atomic mass is 9.60. The molecule has 1 saturated heterocycles. The van der Waals surface area contributed by atoms with Crippen molar-refractivity contribution < 1.29 is 19.4 Å². The average Bonchev–Trinajstić information content (AvgIpc) is 2.39. The van der Waals surface area contributed by atoms with E-state index in [2.05, 4.69) is 0 Å². The minimum absolute atomic E-state index is 0.235. The Morgan fingerprint density at radius 3 is 2.24 bits per heavy atom. The first-order valence-corrected chi connectivity index (χ1v) is 6.53. The lowest BCUT2D eigenvalue weighted by molar-refractivity contribution is -0.193. The molecule has 0 aromatic rings. The second-order valence-corrected chi connectivity index (χ2v) is 5.28. The lowest BCUT2D eigenvalue weighted by Crippen LogP contribution is -2.57. The van der Waals surface area contributed by atoms with E-state index in [4.69, 9.17) is 9.47 Å². The van der Waals surface area contributed by atoms with Crippen LogP contribution in [0.2, 0.25) is 0 Å². The van der Waals surface area contributed by atoms with Gasteiger partial charge in [-0.25, -0.2) is 0 Å². The molecule has 0 bridgehead atoms. The highest BCUT2D eigenvalue weighted by Crippen LogP contribution is 2.49. The Labute approximate surface area is 102 Å². The molecule has 2 aliphatic rings. The fourth-order valence-corrected chi connectivity index (χ4v) is 3.40. The molecular weight excluding hydrogens is 220 g/mol. The van der Waals surface area contributed by atoms with Crippen LogP contribution >= 0.6 is 0 Å². The summed E-state index contributed by atoms with van der Waals surface area (Å²) in [5, 5.41) is 10.9. The maximum absolute atomic E-state index is 12.2. The van der Waals surface area contributed by atoms with E-state index >= 15 is 0 Å². The van der Waals surface area contributed by atoms with Crippen molar-refractivity contribution in [3.05, 3.63) is 0 Å². The van der Waals surface area contributed by atoms with Gasteiger partial charge in [0, 0.05) is 26.1 Å². The van der Waals surface area contributed by atoms with Crippen LogP contribution in [0.4, 0.5) is 0 Å². The van der Waals surface area contributed by atoms with Gasteiger partial charge in [0.05, 0.1) is 18.1 Å². The maximum Gasteiger partial charge on any atom is 0.314 e. The van der Waals surface area contributed by atoms with E-state index in [1.165, 1.54) is 7.11 Å². The van der Waals surface area contributed by atoms with Crippen LogP contribution in [0.5, 0.6) is 0 Å². The van der Waals surface area contributed by atoms with E-state index in [0.717, 1.165) is 32.1 Å². The van der Waals surface area contributed by atoms with Gasteiger partial charge in [-0.15, -0.1) is 0 Å². The van der Waals surface area contributed by atoms with Crippen molar-refractivity contribution in [3.8, 4) is 0 Å². The maximum atomic E-state index is 12.2. The molecule has 2 rings (SSSR count). The highest BCUT2D eigenvalue weighted by Gasteiger charge is 2.56. The van der Waals surface area contributed by atoms with E-state index < -0.39 is 11.0 Å². The molecule has 0 spiro atoms. The van der Waals surface area contributed by atoms with E-state index in [1.54, 1.807) is 0 Å². The van der Waals surface area contributed by atoms with Gasteiger partial charge >= 0.3 is 5.97 Å². The molecule has 1 aliphatic carbocycles. The third kappa shape index (κ3) is 2.08. The molecule has 4 heteroatoms. The highest BCUT2D eigenvalue weighted by atomic mass is 16.5. The molecule has 0 aromatic carbocycles. The monoisotopic (exact) mass is 242 g/mol. The SMILES string of the molecule is COC(=O)C1(C2(O)CCOCC2)CCCCC1. The zero-order valence-corrected chi connectivity index (χ0v) is 10.5. The van der Waals surface area contributed by atoms with Gasteiger partial charge < -0.3 is 14.6 Å². The third-order valence-corrected chi connectivity index (χ3v) is 4.49. The standard InChI is InChI=1S/C13H22O4/c1-16-11(14)12(5-3-2-4-6-12)13(15)7-9-17-10-8-13/h15H,2-10H2,1H3. The fraction of sp³-hybridized carbons (Fsp3) is 0.923. The summed E-state index contributed by atoms with van der Waals surface area (Å²) < 4.78 is 10.3. The van der Waals surface area contributed by atoms with Gasteiger partial charge in [-0.1, -0.05) is 19.3 Å². The number of hydrogen-bond acceptors (Lipinski definition) is 4. The second kappa shape index (κ2) is 4.94. The summed E-state index contributed by atoms with van der Waals surface area (Å²) >= 11 is 0. The van der Waals surface area contributed by atoms with Gasteiger partial charge in [0.25, 0.3) is 0 Å². The number of carbonyl (C=O) groups is 1. The molecule has 0 amide bonds. The molecule has 0 unspecified atom stereocenters. The van der Waals surface area contributed by atoms with Crippen molar-refractivity contribution >= 4 is 5.97 Å². The number of methoxy groups -OCH3 is 1.